The second-order valence-electron chi connectivity index (χ2n) is 9.68. The second kappa shape index (κ2) is 10.2. The molecule has 1 unspecified atom stereocenters. The van der Waals surface area contributed by atoms with Gasteiger partial charge < -0.3 is 15.6 Å². The van der Waals surface area contributed by atoms with E-state index in [-0.39, 0.29) is 6.04 Å². The summed E-state index contributed by atoms with van der Waals surface area (Å²) in [5, 5.41) is 3.50. The Kier molecular flexibility index (Phi) is 6.49. The van der Waals surface area contributed by atoms with Crippen molar-refractivity contribution in [3.05, 3.63) is 77.4 Å². The third-order valence-electron chi connectivity index (χ3n) is 7.27. The number of nitrogens with one attached hydrogen (secondary N) is 3. The molecule has 0 amide bonds. The van der Waals surface area contributed by atoms with Crippen molar-refractivity contribution in [2.75, 3.05) is 61.5 Å². The second-order valence-corrected chi connectivity index (χ2v) is 9.68. The normalized spacial score (nSPS) is 19.9. The summed E-state index contributed by atoms with van der Waals surface area (Å²) in [5.41, 5.74) is 10.6. The summed E-state index contributed by atoms with van der Waals surface area (Å²) in [4.78, 5) is 17.2. The van der Waals surface area contributed by atoms with E-state index in [1.165, 1.54) is 16.7 Å². The first-order chi connectivity index (χ1) is 17.3. The summed E-state index contributed by atoms with van der Waals surface area (Å²) in [6.07, 6.45) is 1.05. The zero-order valence-corrected chi connectivity index (χ0v) is 20.2. The van der Waals surface area contributed by atoms with Crippen LogP contribution in [0, 0.1) is 0 Å². The SMILES string of the molecule is c1ccc(CN2CCN(CCNc3nc4c5c(n3)N(Cc3ccccc3)CCC5NN4)CC2)cc1. The maximum atomic E-state index is 4.98. The molecule has 0 aliphatic carbocycles. The summed E-state index contributed by atoms with van der Waals surface area (Å²) in [5.74, 6) is 2.66. The largest absolute Gasteiger partial charge is 0.353 e. The third-order valence-corrected chi connectivity index (χ3v) is 7.27. The van der Waals surface area contributed by atoms with Crippen molar-refractivity contribution in [3.8, 4) is 0 Å². The van der Waals surface area contributed by atoms with Crippen LogP contribution in [0.3, 0.4) is 0 Å². The molecule has 3 aliphatic heterocycles. The number of hydrogen-bond donors (Lipinski definition) is 3. The zero-order chi connectivity index (χ0) is 23.5. The Morgan fingerprint density at radius 1 is 0.800 bits per heavy atom. The molecule has 0 saturated carbocycles. The number of rotatable bonds is 8. The lowest BCUT2D eigenvalue weighted by Gasteiger charge is -2.34. The minimum Gasteiger partial charge on any atom is -0.353 e. The highest BCUT2D eigenvalue weighted by molar-refractivity contribution is 5.67. The quantitative estimate of drug-likeness (QED) is 0.464. The van der Waals surface area contributed by atoms with Gasteiger partial charge in [0.15, 0.2) is 5.82 Å². The lowest BCUT2D eigenvalue weighted by atomic mass is 10.0. The van der Waals surface area contributed by atoms with Crippen LogP contribution in [0.2, 0.25) is 0 Å². The van der Waals surface area contributed by atoms with Crippen LogP contribution in [0.25, 0.3) is 0 Å². The number of hydrogen-bond acceptors (Lipinski definition) is 8. The average Bonchev–Trinajstić information content (AvgIpc) is 3.32. The van der Waals surface area contributed by atoms with Gasteiger partial charge in [-0.1, -0.05) is 60.7 Å². The van der Waals surface area contributed by atoms with Crippen molar-refractivity contribution in [2.45, 2.75) is 25.6 Å². The number of anilines is 3. The molecule has 35 heavy (non-hydrogen) atoms. The fourth-order valence-electron chi connectivity index (χ4n) is 5.33. The van der Waals surface area contributed by atoms with Crippen molar-refractivity contribution in [3.63, 3.8) is 0 Å². The smallest absolute Gasteiger partial charge is 0.226 e. The predicted octanol–water partition coefficient (Wildman–Crippen LogP) is 3.09. The van der Waals surface area contributed by atoms with Crippen molar-refractivity contribution in [2.24, 2.45) is 0 Å². The molecule has 8 heteroatoms. The number of piperazine rings is 1. The van der Waals surface area contributed by atoms with Crippen molar-refractivity contribution >= 4 is 17.6 Å². The molecule has 0 bridgehead atoms. The summed E-state index contributed by atoms with van der Waals surface area (Å²) in [6.45, 7) is 9.14. The standard InChI is InChI=1S/C27H34N8/c1-3-7-21(8-4-1)19-34-17-15-33(16-18-34)14-12-28-27-29-25-24-23(31-32-25)11-13-35(26(24)30-27)20-22-9-5-2-6-10-22/h1-10,23,31H,11-20H2,(H2,28,29,30,32). The van der Waals surface area contributed by atoms with E-state index in [1.807, 2.05) is 0 Å². The number of nitrogens with zero attached hydrogens (tertiary/aromatic N) is 5. The van der Waals surface area contributed by atoms with Gasteiger partial charge in [0, 0.05) is 58.9 Å². The van der Waals surface area contributed by atoms with Gasteiger partial charge in [0.05, 0.1) is 11.6 Å². The van der Waals surface area contributed by atoms with E-state index in [4.69, 9.17) is 9.97 Å². The van der Waals surface area contributed by atoms with E-state index >= 15 is 0 Å². The number of benzene rings is 2. The molecule has 8 nitrogen and oxygen atoms in total. The fourth-order valence-corrected chi connectivity index (χ4v) is 5.33. The summed E-state index contributed by atoms with van der Waals surface area (Å²) >= 11 is 0. The maximum Gasteiger partial charge on any atom is 0.226 e. The molecule has 182 valence electrons. The lowest BCUT2D eigenvalue weighted by molar-refractivity contribution is 0.130. The Labute approximate surface area is 207 Å². The first kappa shape index (κ1) is 22.3. The van der Waals surface area contributed by atoms with Crippen LogP contribution in [0.5, 0.6) is 0 Å². The van der Waals surface area contributed by atoms with Crippen LogP contribution in [0.15, 0.2) is 60.7 Å². The van der Waals surface area contributed by atoms with Crippen LogP contribution in [-0.2, 0) is 13.1 Å². The van der Waals surface area contributed by atoms with Gasteiger partial charge in [0.1, 0.15) is 5.82 Å². The van der Waals surface area contributed by atoms with E-state index in [2.05, 4.69) is 91.5 Å². The molecule has 1 atom stereocenters. The Hall–Kier alpha value is -3.20. The topological polar surface area (TPSA) is 71.6 Å². The molecular formula is C27H34N8. The van der Waals surface area contributed by atoms with E-state index < -0.39 is 0 Å². The highest BCUT2D eigenvalue weighted by Crippen LogP contribution is 2.41. The van der Waals surface area contributed by atoms with Gasteiger partial charge in [-0.3, -0.25) is 9.80 Å². The minimum absolute atomic E-state index is 0.285. The van der Waals surface area contributed by atoms with Gasteiger partial charge in [-0.2, -0.15) is 9.97 Å². The molecular weight excluding hydrogens is 436 g/mol. The van der Waals surface area contributed by atoms with Crippen molar-refractivity contribution in [1.82, 2.24) is 25.2 Å². The summed E-state index contributed by atoms with van der Waals surface area (Å²) in [6, 6.07) is 21.7. The molecule has 0 radical (unpaired) electrons. The van der Waals surface area contributed by atoms with Gasteiger partial charge in [0.2, 0.25) is 5.95 Å². The van der Waals surface area contributed by atoms with Gasteiger partial charge >= 0.3 is 0 Å². The van der Waals surface area contributed by atoms with Gasteiger partial charge in [0.25, 0.3) is 0 Å². The molecule has 1 aromatic heterocycles. The fraction of sp³-hybridized carbons (Fsp3) is 0.407. The number of hydrazine groups is 1. The van der Waals surface area contributed by atoms with Gasteiger partial charge in [-0.05, 0) is 17.5 Å². The van der Waals surface area contributed by atoms with Gasteiger partial charge in [-0.15, -0.1) is 0 Å². The molecule has 3 N–H and O–H groups in total. The first-order valence-electron chi connectivity index (χ1n) is 12.8. The Morgan fingerprint density at radius 3 is 2.23 bits per heavy atom. The van der Waals surface area contributed by atoms with Crippen LogP contribution in [0.4, 0.5) is 17.6 Å². The Morgan fingerprint density at radius 2 is 1.49 bits per heavy atom. The van der Waals surface area contributed by atoms with E-state index in [9.17, 15) is 0 Å². The molecule has 1 saturated heterocycles. The molecule has 0 spiro atoms. The van der Waals surface area contributed by atoms with Crippen LogP contribution in [-0.4, -0.2) is 65.6 Å². The van der Waals surface area contributed by atoms with E-state index in [0.717, 1.165) is 77.0 Å². The summed E-state index contributed by atoms with van der Waals surface area (Å²) in [7, 11) is 0. The molecule has 3 aliphatic rings. The highest BCUT2D eigenvalue weighted by Gasteiger charge is 2.34. The third kappa shape index (κ3) is 5.10. The molecule has 2 aromatic carbocycles. The molecule has 6 rings (SSSR count). The average molecular weight is 471 g/mol. The van der Waals surface area contributed by atoms with Gasteiger partial charge in [-0.25, -0.2) is 5.43 Å². The highest BCUT2D eigenvalue weighted by atomic mass is 15.4. The molecule has 4 heterocycles. The first-order valence-corrected chi connectivity index (χ1v) is 12.8. The Bertz CT molecular complexity index is 1110. The van der Waals surface area contributed by atoms with Crippen LogP contribution < -0.4 is 21.1 Å². The van der Waals surface area contributed by atoms with E-state index in [0.29, 0.717) is 5.95 Å². The van der Waals surface area contributed by atoms with Crippen LogP contribution in [0.1, 0.15) is 29.2 Å². The molecule has 1 fully saturated rings. The van der Waals surface area contributed by atoms with Crippen molar-refractivity contribution < 1.29 is 0 Å². The Balaban J connectivity index is 1.05. The minimum atomic E-state index is 0.285. The molecule has 3 aromatic rings. The van der Waals surface area contributed by atoms with Crippen LogP contribution >= 0.6 is 0 Å². The van der Waals surface area contributed by atoms with E-state index in [1.54, 1.807) is 0 Å². The van der Waals surface area contributed by atoms with Crippen molar-refractivity contribution in [1.29, 1.82) is 0 Å². The number of aromatic nitrogens is 2. The summed E-state index contributed by atoms with van der Waals surface area (Å²) < 4.78 is 0. The monoisotopic (exact) mass is 470 g/mol. The maximum absolute atomic E-state index is 4.98. The predicted molar refractivity (Wildman–Crippen MR) is 140 cm³/mol. The lowest BCUT2D eigenvalue weighted by Crippen LogP contribution is -2.47. The zero-order valence-electron chi connectivity index (χ0n) is 20.2.